The lowest BCUT2D eigenvalue weighted by Gasteiger charge is -2.27. The Kier molecular flexibility index (Phi) is 5.63. The zero-order chi connectivity index (χ0) is 15.7. The van der Waals surface area contributed by atoms with Crippen LogP contribution >= 0.6 is 15.9 Å². The summed E-state index contributed by atoms with van der Waals surface area (Å²) in [4.78, 5) is 0. The molecule has 114 valence electrons. The standard InChI is InChI=1S/C14H22BrNO3S/c1-8-7-11(15)9(2)12(14(8)19-5)13(16-4)10(3)20(6,17)18/h7,10,13,16H,1-6H3. The zero-order valence-corrected chi connectivity index (χ0v) is 15.1. The summed E-state index contributed by atoms with van der Waals surface area (Å²) in [5.74, 6) is 0.737. The number of rotatable bonds is 5. The van der Waals surface area contributed by atoms with Gasteiger partial charge in [-0.2, -0.15) is 0 Å². The maximum atomic E-state index is 11.9. The highest BCUT2D eigenvalue weighted by Crippen LogP contribution is 2.38. The van der Waals surface area contributed by atoms with Crippen molar-refractivity contribution in [2.75, 3.05) is 20.4 Å². The molecular weight excluding hydrogens is 342 g/mol. The van der Waals surface area contributed by atoms with Crippen molar-refractivity contribution in [2.45, 2.75) is 32.1 Å². The first-order valence-electron chi connectivity index (χ1n) is 6.34. The maximum absolute atomic E-state index is 11.9. The van der Waals surface area contributed by atoms with E-state index in [1.807, 2.05) is 19.9 Å². The predicted octanol–water partition coefficient (Wildman–Crippen LogP) is 2.77. The monoisotopic (exact) mass is 363 g/mol. The number of benzene rings is 1. The molecule has 1 N–H and O–H groups in total. The predicted molar refractivity (Wildman–Crippen MR) is 86.3 cm³/mol. The van der Waals surface area contributed by atoms with Crippen LogP contribution in [-0.2, 0) is 9.84 Å². The minimum absolute atomic E-state index is 0.323. The number of hydrogen-bond donors (Lipinski definition) is 1. The third-order valence-corrected chi connectivity index (χ3v) is 6.13. The number of aryl methyl sites for hydroxylation is 1. The quantitative estimate of drug-likeness (QED) is 0.873. The summed E-state index contributed by atoms with van der Waals surface area (Å²) >= 11 is 3.52. The molecule has 0 aliphatic carbocycles. The lowest BCUT2D eigenvalue weighted by Crippen LogP contribution is -2.34. The Labute approximate surface area is 130 Å². The molecule has 0 spiro atoms. The van der Waals surface area contributed by atoms with E-state index in [1.165, 1.54) is 6.26 Å². The van der Waals surface area contributed by atoms with E-state index in [9.17, 15) is 8.42 Å². The normalized spacial score (nSPS) is 14.9. The average molecular weight is 364 g/mol. The Morgan fingerprint density at radius 1 is 1.35 bits per heavy atom. The van der Waals surface area contributed by atoms with Crippen LogP contribution in [0.2, 0.25) is 0 Å². The second-order valence-corrected chi connectivity index (χ2v) is 8.31. The van der Waals surface area contributed by atoms with Crippen molar-refractivity contribution in [1.82, 2.24) is 5.32 Å². The molecule has 0 saturated carbocycles. The van der Waals surface area contributed by atoms with Gasteiger partial charge in [0.15, 0.2) is 9.84 Å². The molecular formula is C14H22BrNO3S. The van der Waals surface area contributed by atoms with E-state index in [0.717, 1.165) is 26.9 Å². The number of hydrogen-bond acceptors (Lipinski definition) is 4. The Morgan fingerprint density at radius 2 is 1.90 bits per heavy atom. The minimum Gasteiger partial charge on any atom is -0.496 e. The minimum atomic E-state index is -3.16. The zero-order valence-electron chi connectivity index (χ0n) is 12.7. The molecule has 2 unspecified atom stereocenters. The molecule has 2 atom stereocenters. The summed E-state index contributed by atoms with van der Waals surface area (Å²) in [5.41, 5.74) is 2.85. The summed E-state index contributed by atoms with van der Waals surface area (Å²) in [7, 11) is 0.210. The van der Waals surface area contributed by atoms with Crippen LogP contribution < -0.4 is 10.1 Å². The molecule has 0 heterocycles. The highest BCUT2D eigenvalue weighted by molar-refractivity contribution is 9.10. The van der Waals surface area contributed by atoms with Gasteiger partial charge in [-0.05, 0) is 45.0 Å². The van der Waals surface area contributed by atoms with Crippen molar-refractivity contribution in [3.63, 3.8) is 0 Å². The van der Waals surface area contributed by atoms with Crippen LogP contribution in [0, 0.1) is 13.8 Å². The lowest BCUT2D eigenvalue weighted by molar-refractivity contribution is 0.396. The Morgan fingerprint density at radius 3 is 2.30 bits per heavy atom. The molecule has 0 saturated heterocycles. The van der Waals surface area contributed by atoms with E-state index in [1.54, 1.807) is 21.1 Å². The highest BCUT2D eigenvalue weighted by Gasteiger charge is 2.30. The highest BCUT2D eigenvalue weighted by atomic mass is 79.9. The summed E-state index contributed by atoms with van der Waals surface area (Å²) in [6.07, 6.45) is 1.26. The molecule has 6 heteroatoms. The van der Waals surface area contributed by atoms with E-state index in [-0.39, 0.29) is 6.04 Å². The third kappa shape index (κ3) is 3.35. The van der Waals surface area contributed by atoms with E-state index in [0.29, 0.717) is 0 Å². The van der Waals surface area contributed by atoms with Crippen LogP contribution in [0.1, 0.15) is 29.7 Å². The van der Waals surface area contributed by atoms with Gasteiger partial charge in [-0.25, -0.2) is 8.42 Å². The van der Waals surface area contributed by atoms with Gasteiger partial charge in [0.1, 0.15) is 5.75 Å². The maximum Gasteiger partial charge on any atom is 0.151 e. The lowest BCUT2D eigenvalue weighted by atomic mass is 9.95. The first-order chi connectivity index (χ1) is 9.15. The van der Waals surface area contributed by atoms with Gasteiger partial charge in [-0.1, -0.05) is 15.9 Å². The summed E-state index contributed by atoms with van der Waals surface area (Å²) in [6, 6.07) is 1.66. The molecule has 4 nitrogen and oxygen atoms in total. The first-order valence-corrected chi connectivity index (χ1v) is 9.09. The van der Waals surface area contributed by atoms with Crippen molar-refractivity contribution in [2.24, 2.45) is 0 Å². The van der Waals surface area contributed by atoms with E-state index in [2.05, 4.69) is 21.2 Å². The van der Waals surface area contributed by atoms with Crippen molar-refractivity contribution in [3.8, 4) is 5.75 Å². The van der Waals surface area contributed by atoms with Crippen LogP contribution in [-0.4, -0.2) is 34.1 Å². The number of nitrogens with one attached hydrogen (secondary N) is 1. The molecule has 0 aromatic heterocycles. The number of sulfone groups is 1. The molecule has 1 aromatic rings. The third-order valence-electron chi connectivity index (χ3n) is 3.68. The molecule has 1 rings (SSSR count). The Balaban J connectivity index is 3.57. The average Bonchev–Trinajstić information content (AvgIpc) is 2.34. The topological polar surface area (TPSA) is 55.4 Å². The van der Waals surface area contributed by atoms with Gasteiger partial charge in [0.25, 0.3) is 0 Å². The van der Waals surface area contributed by atoms with Gasteiger partial charge in [0.05, 0.1) is 18.4 Å². The Bertz CT molecular complexity index is 599. The van der Waals surface area contributed by atoms with Gasteiger partial charge in [0.2, 0.25) is 0 Å². The van der Waals surface area contributed by atoms with E-state index < -0.39 is 15.1 Å². The van der Waals surface area contributed by atoms with Crippen molar-refractivity contribution in [1.29, 1.82) is 0 Å². The number of halogens is 1. The fourth-order valence-electron chi connectivity index (χ4n) is 2.38. The molecule has 0 aliphatic heterocycles. The smallest absolute Gasteiger partial charge is 0.151 e. The van der Waals surface area contributed by atoms with Gasteiger partial charge < -0.3 is 10.1 Å². The van der Waals surface area contributed by atoms with Crippen LogP contribution in [0.5, 0.6) is 5.75 Å². The fourth-order valence-corrected chi connectivity index (χ4v) is 3.71. The largest absolute Gasteiger partial charge is 0.496 e. The van der Waals surface area contributed by atoms with Crippen molar-refractivity contribution < 1.29 is 13.2 Å². The fraction of sp³-hybridized carbons (Fsp3) is 0.571. The second kappa shape index (κ2) is 6.45. The first kappa shape index (κ1) is 17.5. The van der Waals surface area contributed by atoms with Crippen molar-refractivity contribution in [3.05, 3.63) is 27.2 Å². The van der Waals surface area contributed by atoms with Gasteiger partial charge in [0, 0.05) is 16.3 Å². The molecule has 20 heavy (non-hydrogen) atoms. The van der Waals surface area contributed by atoms with E-state index >= 15 is 0 Å². The van der Waals surface area contributed by atoms with Crippen LogP contribution in [0.3, 0.4) is 0 Å². The van der Waals surface area contributed by atoms with E-state index in [4.69, 9.17) is 4.74 Å². The summed E-state index contributed by atoms with van der Waals surface area (Å²) in [5, 5.41) is 2.57. The molecule has 0 radical (unpaired) electrons. The summed E-state index contributed by atoms with van der Waals surface area (Å²) in [6.45, 7) is 5.62. The molecule has 0 aliphatic rings. The van der Waals surface area contributed by atoms with Crippen LogP contribution in [0.25, 0.3) is 0 Å². The SMILES string of the molecule is CNC(c1c(C)c(Br)cc(C)c1OC)C(C)S(C)(=O)=O. The Hall–Kier alpha value is -0.590. The number of methoxy groups -OCH3 is 1. The van der Waals surface area contributed by atoms with Crippen LogP contribution in [0.4, 0.5) is 0 Å². The molecule has 0 bridgehead atoms. The molecule has 0 fully saturated rings. The van der Waals surface area contributed by atoms with Gasteiger partial charge in [-0.3, -0.25) is 0 Å². The van der Waals surface area contributed by atoms with Crippen LogP contribution in [0.15, 0.2) is 10.5 Å². The van der Waals surface area contributed by atoms with Gasteiger partial charge >= 0.3 is 0 Å². The summed E-state index contributed by atoms with van der Waals surface area (Å²) < 4.78 is 30.2. The molecule has 1 aromatic carbocycles. The second-order valence-electron chi connectivity index (χ2n) is 5.05. The van der Waals surface area contributed by atoms with Gasteiger partial charge in [-0.15, -0.1) is 0 Å². The number of ether oxygens (including phenoxy) is 1. The van der Waals surface area contributed by atoms with Crippen molar-refractivity contribution >= 4 is 25.8 Å². The molecule has 0 amide bonds.